The van der Waals surface area contributed by atoms with E-state index in [4.69, 9.17) is 4.74 Å². The summed E-state index contributed by atoms with van der Waals surface area (Å²) in [6.07, 6.45) is 0.898. The van der Waals surface area contributed by atoms with Crippen molar-refractivity contribution in [2.24, 2.45) is 5.92 Å². The number of Topliss-reactive ketones (excluding diaryl/α,β-unsaturated/α-hetero) is 1. The first-order valence-electron chi connectivity index (χ1n) is 8.67. The molecule has 6 heteroatoms. The van der Waals surface area contributed by atoms with Crippen molar-refractivity contribution in [3.8, 4) is 5.75 Å². The number of amides is 2. The van der Waals surface area contributed by atoms with Crippen LogP contribution >= 0.6 is 0 Å². The van der Waals surface area contributed by atoms with Crippen LogP contribution in [-0.4, -0.2) is 36.8 Å². The van der Waals surface area contributed by atoms with Crippen LogP contribution in [0.4, 0.5) is 5.69 Å². The Labute approximate surface area is 148 Å². The number of ketones is 1. The van der Waals surface area contributed by atoms with Crippen molar-refractivity contribution in [1.82, 2.24) is 5.32 Å². The van der Waals surface area contributed by atoms with Gasteiger partial charge in [0.15, 0.2) is 12.4 Å². The Morgan fingerprint density at radius 1 is 1.28 bits per heavy atom. The second-order valence-corrected chi connectivity index (χ2v) is 6.78. The van der Waals surface area contributed by atoms with E-state index in [2.05, 4.69) is 19.2 Å². The number of ether oxygens (including phenoxy) is 1. The molecule has 0 saturated carbocycles. The fourth-order valence-corrected chi connectivity index (χ4v) is 2.56. The highest BCUT2D eigenvalue weighted by Crippen LogP contribution is 2.33. The third-order valence-electron chi connectivity index (χ3n) is 4.48. The number of carbonyl (C=O) groups excluding carboxylic acids is 3. The van der Waals surface area contributed by atoms with Crippen LogP contribution in [0.1, 0.15) is 50.9 Å². The second-order valence-electron chi connectivity index (χ2n) is 6.78. The van der Waals surface area contributed by atoms with Gasteiger partial charge >= 0.3 is 0 Å². The zero-order chi connectivity index (χ0) is 18.6. The Bertz CT molecular complexity index is 669. The zero-order valence-corrected chi connectivity index (χ0v) is 15.3. The van der Waals surface area contributed by atoms with Crippen molar-refractivity contribution in [3.05, 3.63) is 23.8 Å². The lowest BCUT2D eigenvalue weighted by Crippen LogP contribution is -2.40. The maximum Gasteiger partial charge on any atom is 0.265 e. The van der Waals surface area contributed by atoms with E-state index in [-0.39, 0.29) is 30.2 Å². The summed E-state index contributed by atoms with van der Waals surface area (Å²) in [5.74, 6) is 0.718. The van der Waals surface area contributed by atoms with Crippen LogP contribution in [0.2, 0.25) is 0 Å². The average Bonchev–Trinajstić information content (AvgIpc) is 2.56. The molecule has 1 aliphatic heterocycles. The molecule has 1 aromatic carbocycles. The third-order valence-corrected chi connectivity index (χ3v) is 4.48. The fourth-order valence-electron chi connectivity index (χ4n) is 2.56. The fraction of sp³-hybridized carbons (Fsp3) is 0.526. The molecule has 0 spiro atoms. The molecule has 0 saturated heterocycles. The minimum atomic E-state index is -0.163. The summed E-state index contributed by atoms with van der Waals surface area (Å²) in [5.41, 5.74) is 1.13. The number of hydrogen-bond donors (Lipinski definition) is 1. The lowest BCUT2D eigenvalue weighted by molar-refractivity contribution is -0.123. The number of benzene rings is 1. The van der Waals surface area contributed by atoms with E-state index in [1.165, 1.54) is 6.92 Å². The molecule has 2 amide bonds. The Balaban J connectivity index is 2.00. The number of rotatable bonds is 7. The topological polar surface area (TPSA) is 75.7 Å². The van der Waals surface area contributed by atoms with Gasteiger partial charge in [-0.25, -0.2) is 0 Å². The van der Waals surface area contributed by atoms with E-state index < -0.39 is 0 Å². The van der Waals surface area contributed by atoms with Gasteiger partial charge in [0.2, 0.25) is 5.91 Å². The monoisotopic (exact) mass is 346 g/mol. The van der Waals surface area contributed by atoms with Gasteiger partial charge < -0.3 is 15.0 Å². The largest absolute Gasteiger partial charge is 0.482 e. The predicted molar refractivity (Wildman–Crippen MR) is 96.0 cm³/mol. The summed E-state index contributed by atoms with van der Waals surface area (Å²) >= 11 is 0. The van der Waals surface area contributed by atoms with Crippen LogP contribution in [0.25, 0.3) is 0 Å². The molecule has 0 aromatic heterocycles. The minimum Gasteiger partial charge on any atom is -0.482 e. The SMILES string of the molecule is CC(=O)c1ccc2c(c1)N(CCCC(=O)NC(C)C(C)C)C(=O)CO2. The van der Waals surface area contributed by atoms with E-state index in [1.807, 2.05) is 6.92 Å². The molecule has 2 rings (SSSR count). The van der Waals surface area contributed by atoms with Gasteiger partial charge in [0.25, 0.3) is 5.91 Å². The first-order valence-corrected chi connectivity index (χ1v) is 8.67. The van der Waals surface area contributed by atoms with Crippen molar-refractivity contribution >= 4 is 23.3 Å². The average molecular weight is 346 g/mol. The van der Waals surface area contributed by atoms with Crippen molar-refractivity contribution in [1.29, 1.82) is 0 Å². The predicted octanol–water partition coefficient (Wildman–Crippen LogP) is 2.56. The number of anilines is 1. The van der Waals surface area contributed by atoms with Gasteiger partial charge in [0, 0.05) is 24.6 Å². The van der Waals surface area contributed by atoms with Gasteiger partial charge in [-0.05, 0) is 44.4 Å². The summed E-state index contributed by atoms with van der Waals surface area (Å²) in [6.45, 7) is 7.97. The van der Waals surface area contributed by atoms with E-state index in [0.29, 0.717) is 42.3 Å². The maximum atomic E-state index is 12.2. The molecule has 1 N–H and O–H groups in total. The summed E-state index contributed by atoms with van der Waals surface area (Å²) in [7, 11) is 0. The van der Waals surface area contributed by atoms with Crippen molar-refractivity contribution < 1.29 is 19.1 Å². The molecule has 136 valence electrons. The van der Waals surface area contributed by atoms with Gasteiger partial charge in [0.05, 0.1) is 5.69 Å². The molecule has 1 unspecified atom stereocenters. The molecule has 1 atom stereocenters. The molecule has 6 nitrogen and oxygen atoms in total. The minimum absolute atomic E-state index is 0.0142. The molecule has 0 aliphatic carbocycles. The highest BCUT2D eigenvalue weighted by atomic mass is 16.5. The highest BCUT2D eigenvalue weighted by Gasteiger charge is 2.26. The number of nitrogens with one attached hydrogen (secondary N) is 1. The van der Waals surface area contributed by atoms with Crippen molar-refractivity contribution in [2.45, 2.75) is 46.6 Å². The second kappa shape index (κ2) is 8.14. The molecule has 25 heavy (non-hydrogen) atoms. The van der Waals surface area contributed by atoms with E-state index in [1.54, 1.807) is 23.1 Å². The first-order chi connectivity index (χ1) is 11.8. The molecule has 1 aliphatic rings. The molecular formula is C19H26N2O4. The quantitative estimate of drug-likeness (QED) is 0.770. The summed E-state index contributed by atoms with van der Waals surface area (Å²) in [5, 5.41) is 2.96. The van der Waals surface area contributed by atoms with Crippen LogP contribution in [0.3, 0.4) is 0 Å². The van der Waals surface area contributed by atoms with Gasteiger partial charge in [-0.2, -0.15) is 0 Å². The molecule has 0 bridgehead atoms. The van der Waals surface area contributed by atoms with E-state index in [9.17, 15) is 14.4 Å². The normalized spacial score (nSPS) is 14.8. The zero-order valence-electron chi connectivity index (χ0n) is 15.3. The molecule has 0 radical (unpaired) electrons. The Hall–Kier alpha value is -2.37. The van der Waals surface area contributed by atoms with Crippen molar-refractivity contribution in [2.75, 3.05) is 18.1 Å². The lowest BCUT2D eigenvalue weighted by atomic mass is 10.1. The van der Waals surface area contributed by atoms with Gasteiger partial charge in [0.1, 0.15) is 5.75 Å². The van der Waals surface area contributed by atoms with Gasteiger partial charge in [-0.15, -0.1) is 0 Å². The van der Waals surface area contributed by atoms with Crippen LogP contribution in [-0.2, 0) is 9.59 Å². The van der Waals surface area contributed by atoms with E-state index in [0.717, 1.165) is 0 Å². The highest BCUT2D eigenvalue weighted by molar-refractivity contribution is 6.01. The molecule has 1 aromatic rings. The molecular weight excluding hydrogens is 320 g/mol. The van der Waals surface area contributed by atoms with Crippen LogP contribution in [0.5, 0.6) is 5.75 Å². The number of carbonyl (C=O) groups is 3. The standard InChI is InChI=1S/C19H26N2O4/c1-12(2)13(3)20-18(23)6-5-9-21-16-10-15(14(4)22)7-8-17(16)25-11-19(21)24/h7-8,10,12-13H,5-6,9,11H2,1-4H3,(H,20,23). The summed E-state index contributed by atoms with van der Waals surface area (Å²) in [6, 6.07) is 5.20. The summed E-state index contributed by atoms with van der Waals surface area (Å²) < 4.78 is 5.43. The van der Waals surface area contributed by atoms with Crippen LogP contribution < -0.4 is 15.0 Å². The van der Waals surface area contributed by atoms with Crippen molar-refractivity contribution in [3.63, 3.8) is 0 Å². The molecule has 1 heterocycles. The number of hydrogen-bond acceptors (Lipinski definition) is 4. The summed E-state index contributed by atoms with van der Waals surface area (Å²) in [4.78, 5) is 37.4. The lowest BCUT2D eigenvalue weighted by Gasteiger charge is -2.29. The van der Waals surface area contributed by atoms with Gasteiger partial charge in [-0.1, -0.05) is 13.8 Å². The Kier molecular flexibility index (Phi) is 6.17. The number of fused-ring (bicyclic) bond motifs is 1. The Morgan fingerprint density at radius 2 is 2.00 bits per heavy atom. The van der Waals surface area contributed by atoms with Gasteiger partial charge in [-0.3, -0.25) is 14.4 Å². The van der Waals surface area contributed by atoms with Crippen LogP contribution in [0, 0.1) is 5.92 Å². The van der Waals surface area contributed by atoms with Crippen LogP contribution in [0.15, 0.2) is 18.2 Å². The smallest absolute Gasteiger partial charge is 0.265 e. The maximum absolute atomic E-state index is 12.2. The number of nitrogens with zero attached hydrogens (tertiary/aromatic N) is 1. The van der Waals surface area contributed by atoms with E-state index >= 15 is 0 Å². The Morgan fingerprint density at radius 3 is 2.64 bits per heavy atom. The third kappa shape index (κ3) is 4.81. The first kappa shape index (κ1) is 19.0. The molecule has 0 fully saturated rings.